The highest BCUT2D eigenvalue weighted by atomic mass is 16.5. The predicted octanol–water partition coefficient (Wildman–Crippen LogP) is 0.526. The molecule has 1 saturated carbocycles. The second kappa shape index (κ2) is 3.56. The van der Waals surface area contributed by atoms with E-state index in [0.29, 0.717) is 5.92 Å². The lowest BCUT2D eigenvalue weighted by Crippen LogP contribution is -2.57. The number of hydrogen-bond donors (Lipinski definition) is 2. The molecule has 0 spiro atoms. The van der Waals surface area contributed by atoms with Crippen molar-refractivity contribution in [2.45, 2.75) is 37.4 Å². The monoisotopic (exact) mass is 185 g/mol. The molecule has 13 heavy (non-hydrogen) atoms. The average Bonchev–Trinajstić information content (AvgIpc) is 2.49. The SMILES string of the molecule is COC1(C(O)C2CNC2)CCCC1. The van der Waals surface area contributed by atoms with E-state index in [1.807, 2.05) is 0 Å². The van der Waals surface area contributed by atoms with Crippen LogP contribution in [0.15, 0.2) is 0 Å². The van der Waals surface area contributed by atoms with Crippen molar-refractivity contribution in [1.82, 2.24) is 5.32 Å². The van der Waals surface area contributed by atoms with E-state index in [0.717, 1.165) is 25.9 Å². The lowest BCUT2D eigenvalue weighted by molar-refractivity contribution is -0.127. The summed E-state index contributed by atoms with van der Waals surface area (Å²) in [4.78, 5) is 0. The van der Waals surface area contributed by atoms with Crippen molar-refractivity contribution in [3.05, 3.63) is 0 Å². The van der Waals surface area contributed by atoms with Crippen LogP contribution in [0.4, 0.5) is 0 Å². The third kappa shape index (κ3) is 1.49. The van der Waals surface area contributed by atoms with Crippen LogP contribution in [0.3, 0.4) is 0 Å². The van der Waals surface area contributed by atoms with Gasteiger partial charge < -0.3 is 15.2 Å². The van der Waals surface area contributed by atoms with Gasteiger partial charge in [-0.1, -0.05) is 12.8 Å². The van der Waals surface area contributed by atoms with Crippen molar-refractivity contribution in [2.24, 2.45) is 5.92 Å². The van der Waals surface area contributed by atoms with E-state index >= 15 is 0 Å². The Kier molecular flexibility index (Phi) is 2.58. The molecule has 0 aromatic heterocycles. The molecule has 0 aromatic carbocycles. The summed E-state index contributed by atoms with van der Waals surface area (Å²) < 4.78 is 5.54. The number of ether oxygens (including phenoxy) is 1. The van der Waals surface area contributed by atoms with E-state index in [4.69, 9.17) is 4.74 Å². The molecular weight excluding hydrogens is 166 g/mol. The molecule has 0 amide bonds. The van der Waals surface area contributed by atoms with Crippen molar-refractivity contribution in [1.29, 1.82) is 0 Å². The molecule has 2 fully saturated rings. The second-order valence-electron chi connectivity index (χ2n) is 4.34. The topological polar surface area (TPSA) is 41.5 Å². The van der Waals surface area contributed by atoms with Crippen LogP contribution < -0.4 is 5.32 Å². The third-order valence-corrected chi connectivity index (χ3v) is 3.66. The zero-order valence-electron chi connectivity index (χ0n) is 8.25. The highest BCUT2D eigenvalue weighted by molar-refractivity contribution is 4.98. The molecule has 2 N–H and O–H groups in total. The van der Waals surface area contributed by atoms with Crippen LogP contribution in [-0.4, -0.2) is 37.0 Å². The molecule has 1 unspecified atom stereocenters. The third-order valence-electron chi connectivity index (χ3n) is 3.66. The number of nitrogens with one attached hydrogen (secondary N) is 1. The summed E-state index contributed by atoms with van der Waals surface area (Å²) >= 11 is 0. The normalized spacial score (nSPS) is 30.0. The molecule has 1 aliphatic heterocycles. The van der Waals surface area contributed by atoms with E-state index < -0.39 is 0 Å². The minimum absolute atomic E-state index is 0.216. The van der Waals surface area contributed by atoms with Gasteiger partial charge in [0, 0.05) is 26.1 Å². The molecule has 0 bridgehead atoms. The smallest absolute Gasteiger partial charge is 0.0940 e. The Labute approximate surface area is 79.5 Å². The zero-order valence-corrected chi connectivity index (χ0v) is 8.25. The number of methoxy groups -OCH3 is 1. The summed E-state index contributed by atoms with van der Waals surface area (Å²) in [5.74, 6) is 0.415. The van der Waals surface area contributed by atoms with Gasteiger partial charge in [-0.25, -0.2) is 0 Å². The van der Waals surface area contributed by atoms with Crippen LogP contribution in [0.2, 0.25) is 0 Å². The fourth-order valence-electron chi connectivity index (χ4n) is 2.56. The maximum atomic E-state index is 10.2. The van der Waals surface area contributed by atoms with Gasteiger partial charge in [-0.3, -0.25) is 0 Å². The van der Waals surface area contributed by atoms with E-state index in [1.54, 1.807) is 7.11 Å². The first kappa shape index (κ1) is 9.44. The maximum absolute atomic E-state index is 10.2. The summed E-state index contributed by atoms with van der Waals surface area (Å²) in [5.41, 5.74) is -0.216. The number of rotatable bonds is 3. The Bertz CT molecular complexity index is 174. The van der Waals surface area contributed by atoms with Crippen molar-refractivity contribution in [3.63, 3.8) is 0 Å². The van der Waals surface area contributed by atoms with E-state index in [1.165, 1.54) is 12.8 Å². The van der Waals surface area contributed by atoms with Gasteiger partial charge >= 0.3 is 0 Å². The summed E-state index contributed by atoms with van der Waals surface area (Å²) in [6.45, 7) is 1.90. The first-order valence-corrected chi connectivity index (χ1v) is 5.22. The fraction of sp³-hybridized carbons (Fsp3) is 1.00. The highest BCUT2D eigenvalue weighted by Crippen LogP contribution is 2.38. The van der Waals surface area contributed by atoms with Crippen LogP contribution >= 0.6 is 0 Å². The van der Waals surface area contributed by atoms with E-state index in [-0.39, 0.29) is 11.7 Å². The molecule has 2 rings (SSSR count). The van der Waals surface area contributed by atoms with Crippen LogP contribution in [0.25, 0.3) is 0 Å². The molecule has 1 saturated heterocycles. The molecule has 76 valence electrons. The summed E-state index contributed by atoms with van der Waals surface area (Å²) in [5, 5.41) is 13.3. The van der Waals surface area contributed by atoms with E-state index in [2.05, 4.69) is 5.32 Å². The number of hydrogen-bond acceptors (Lipinski definition) is 3. The van der Waals surface area contributed by atoms with Crippen molar-refractivity contribution in [2.75, 3.05) is 20.2 Å². The molecule has 1 aliphatic carbocycles. The molecule has 1 atom stereocenters. The van der Waals surface area contributed by atoms with Crippen molar-refractivity contribution < 1.29 is 9.84 Å². The number of aliphatic hydroxyl groups is 1. The minimum Gasteiger partial charge on any atom is -0.390 e. The molecule has 0 aromatic rings. The van der Waals surface area contributed by atoms with Gasteiger partial charge in [0.15, 0.2) is 0 Å². The van der Waals surface area contributed by atoms with Crippen LogP contribution in [0.1, 0.15) is 25.7 Å². The summed E-state index contributed by atoms with van der Waals surface area (Å²) in [7, 11) is 1.74. The van der Waals surface area contributed by atoms with Gasteiger partial charge in [-0.15, -0.1) is 0 Å². The molecule has 1 heterocycles. The molecule has 2 aliphatic rings. The first-order valence-electron chi connectivity index (χ1n) is 5.22. The van der Waals surface area contributed by atoms with Gasteiger partial charge in [-0.2, -0.15) is 0 Å². The van der Waals surface area contributed by atoms with Crippen molar-refractivity contribution >= 4 is 0 Å². The Morgan fingerprint density at radius 1 is 1.38 bits per heavy atom. The zero-order chi connectivity index (χ0) is 9.31. The fourth-order valence-corrected chi connectivity index (χ4v) is 2.56. The Balaban J connectivity index is 2.01. The molecule has 0 radical (unpaired) electrons. The van der Waals surface area contributed by atoms with Gasteiger partial charge in [0.25, 0.3) is 0 Å². The van der Waals surface area contributed by atoms with E-state index in [9.17, 15) is 5.11 Å². The van der Waals surface area contributed by atoms with Gasteiger partial charge in [0.1, 0.15) is 0 Å². The van der Waals surface area contributed by atoms with Gasteiger partial charge in [0.05, 0.1) is 11.7 Å². The quantitative estimate of drug-likeness (QED) is 0.674. The Morgan fingerprint density at radius 2 is 2.00 bits per heavy atom. The van der Waals surface area contributed by atoms with Crippen LogP contribution in [0, 0.1) is 5.92 Å². The average molecular weight is 185 g/mol. The van der Waals surface area contributed by atoms with Crippen molar-refractivity contribution in [3.8, 4) is 0 Å². The highest BCUT2D eigenvalue weighted by Gasteiger charge is 2.45. The number of aliphatic hydroxyl groups excluding tert-OH is 1. The molecule has 3 heteroatoms. The summed E-state index contributed by atoms with van der Waals surface area (Å²) in [6.07, 6.45) is 4.19. The Hall–Kier alpha value is -0.120. The van der Waals surface area contributed by atoms with Crippen LogP contribution in [0.5, 0.6) is 0 Å². The standard InChI is InChI=1S/C10H19NO2/c1-13-10(4-2-3-5-10)9(12)8-6-11-7-8/h8-9,11-12H,2-7H2,1H3. The first-order chi connectivity index (χ1) is 6.28. The van der Waals surface area contributed by atoms with Gasteiger partial charge in [0.2, 0.25) is 0 Å². The Morgan fingerprint density at radius 3 is 2.38 bits per heavy atom. The second-order valence-corrected chi connectivity index (χ2v) is 4.34. The van der Waals surface area contributed by atoms with Gasteiger partial charge in [-0.05, 0) is 12.8 Å². The maximum Gasteiger partial charge on any atom is 0.0940 e. The van der Waals surface area contributed by atoms with Crippen LogP contribution in [-0.2, 0) is 4.74 Å². The summed E-state index contributed by atoms with van der Waals surface area (Å²) in [6, 6.07) is 0. The minimum atomic E-state index is -0.263. The lowest BCUT2D eigenvalue weighted by Gasteiger charge is -2.41. The lowest BCUT2D eigenvalue weighted by atomic mass is 9.82. The molecule has 3 nitrogen and oxygen atoms in total. The molecular formula is C10H19NO2. The largest absolute Gasteiger partial charge is 0.390 e. The predicted molar refractivity (Wildman–Crippen MR) is 50.6 cm³/mol.